The maximum absolute atomic E-state index is 11.7. The number of hydrogen-bond acceptors (Lipinski definition) is 4. The molecule has 0 unspecified atom stereocenters. The van der Waals surface area contributed by atoms with Crippen LogP contribution < -0.4 is 10.1 Å². The van der Waals surface area contributed by atoms with Gasteiger partial charge < -0.3 is 10.1 Å². The first kappa shape index (κ1) is 16.9. The minimum Gasteiger partial charge on any atom is -0.484 e. The van der Waals surface area contributed by atoms with Crippen LogP contribution in [0, 0.1) is 13.8 Å². The Bertz CT molecular complexity index is 597. The third-order valence-electron chi connectivity index (χ3n) is 3.11. The Morgan fingerprint density at radius 3 is 2.91 bits per heavy atom. The highest BCUT2D eigenvalue weighted by atomic mass is 32.2. The van der Waals surface area contributed by atoms with Gasteiger partial charge in [-0.2, -0.15) is 23.1 Å². The summed E-state index contributed by atoms with van der Waals surface area (Å²) >= 11 is 3.54. The second kappa shape index (κ2) is 8.86. The molecule has 1 aromatic carbocycles. The minimum atomic E-state index is -0.0730. The quantitative estimate of drug-likeness (QED) is 0.746. The Morgan fingerprint density at radius 2 is 2.18 bits per heavy atom. The van der Waals surface area contributed by atoms with E-state index in [0.29, 0.717) is 6.54 Å². The fourth-order valence-electron chi connectivity index (χ4n) is 1.98. The number of ether oxygens (including phenoxy) is 1. The van der Waals surface area contributed by atoms with Crippen molar-refractivity contribution in [3.05, 3.63) is 51.7 Å². The van der Waals surface area contributed by atoms with Crippen molar-refractivity contribution in [1.29, 1.82) is 0 Å². The Balaban J connectivity index is 1.59. The van der Waals surface area contributed by atoms with E-state index in [9.17, 15) is 4.79 Å². The first-order chi connectivity index (χ1) is 10.6. The predicted octanol–water partition coefficient (Wildman–Crippen LogP) is 3.79. The molecule has 0 fully saturated rings. The lowest BCUT2D eigenvalue weighted by Gasteiger charge is -2.10. The zero-order valence-corrected chi connectivity index (χ0v) is 14.6. The predicted molar refractivity (Wildman–Crippen MR) is 94.9 cm³/mol. The maximum atomic E-state index is 11.7. The molecule has 1 heterocycles. The summed E-state index contributed by atoms with van der Waals surface area (Å²) < 4.78 is 5.55. The number of thioether (sulfide) groups is 1. The third-order valence-corrected chi connectivity index (χ3v) is 4.87. The van der Waals surface area contributed by atoms with Gasteiger partial charge in [0.05, 0.1) is 0 Å². The molecule has 0 radical (unpaired) electrons. The van der Waals surface area contributed by atoms with E-state index in [2.05, 4.69) is 22.1 Å². The molecule has 0 aliphatic heterocycles. The van der Waals surface area contributed by atoms with Crippen LogP contribution in [-0.4, -0.2) is 24.8 Å². The molecule has 0 aliphatic rings. The van der Waals surface area contributed by atoms with Gasteiger partial charge in [0, 0.05) is 18.1 Å². The van der Waals surface area contributed by atoms with Crippen LogP contribution >= 0.6 is 23.1 Å². The highest BCUT2D eigenvalue weighted by molar-refractivity contribution is 7.98. The molecule has 0 spiro atoms. The van der Waals surface area contributed by atoms with E-state index in [1.165, 1.54) is 11.1 Å². The van der Waals surface area contributed by atoms with E-state index >= 15 is 0 Å². The Morgan fingerprint density at radius 1 is 1.32 bits per heavy atom. The summed E-state index contributed by atoms with van der Waals surface area (Å²) in [6, 6.07) is 8.08. The van der Waals surface area contributed by atoms with E-state index in [1.54, 1.807) is 11.3 Å². The smallest absolute Gasteiger partial charge is 0.257 e. The molecule has 0 bridgehead atoms. The van der Waals surface area contributed by atoms with Crippen LogP contribution in [0.25, 0.3) is 0 Å². The average molecular weight is 335 g/mol. The number of benzene rings is 1. The summed E-state index contributed by atoms with van der Waals surface area (Å²) in [6.45, 7) is 4.77. The van der Waals surface area contributed by atoms with Crippen LogP contribution in [0.2, 0.25) is 0 Å². The second-order valence-corrected chi connectivity index (χ2v) is 6.98. The third kappa shape index (κ3) is 5.73. The number of carbonyl (C=O) groups is 1. The molecule has 0 saturated heterocycles. The lowest BCUT2D eigenvalue weighted by molar-refractivity contribution is -0.122. The van der Waals surface area contributed by atoms with Crippen molar-refractivity contribution in [1.82, 2.24) is 5.32 Å². The highest BCUT2D eigenvalue weighted by Crippen LogP contribution is 2.18. The Hall–Kier alpha value is -1.46. The standard InChI is InChI=1S/C17H21NO2S2/c1-13-3-4-16(14(2)9-13)20-10-17(19)18-6-8-22-12-15-5-7-21-11-15/h3-5,7,9,11H,6,8,10,12H2,1-2H3,(H,18,19). The topological polar surface area (TPSA) is 38.3 Å². The largest absolute Gasteiger partial charge is 0.484 e. The van der Waals surface area contributed by atoms with E-state index in [1.807, 2.05) is 43.8 Å². The van der Waals surface area contributed by atoms with E-state index in [4.69, 9.17) is 4.74 Å². The van der Waals surface area contributed by atoms with Crippen LogP contribution in [0.3, 0.4) is 0 Å². The fourth-order valence-corrected chi connectivity index (χ4v) is 3.56. The van der Waals surface area contributed by atoms with Crippen molar-refractivity contribution in [3.8, 4) is 5.75 Å². The molecule has 2 aromatic rings. The molecule has 1 aromatic heterocycles. The molecule has 22 heavy (non-hydrogen) atoms. The van der Waals surface area contributed by atoms with Crippen LogP contribution in [0.1, 0.15) is 16.7 Å². The molecule has 5 heteroatoms. The zero-order valence-electron chi connectivity index (χ0n) is 12.9. The fraction of sp³-hybridized carbons (Fsp3) is 0.353. The maximum Gasteiger partial charge on any atom is 0.257 e. The van der Waals surface area contributed by atoms with Crippen LogP contribution in [-0.2, 0) is 10.5 Å². The van der Waals surface area contributed by atoms with Crippen molar-refractivity contribution in [2.45, 2.75) is 19.6 Å². The van der Waals surface area contributed by atoms with E-state index in [-0.39, 0.29) is 12.5 Å². The summed E-state index contributed by atoms with van der Waals surface area (Å²) in [5.41, 5.74) is 3.59. The average Bonchev–Trinajstić information content (AvgIpc) is 2.99. The van der Waals surface area contributed by atoms with Gasteiger partial charge in [-0.3, -0.25) is 4.79 Å². The van der Waals surface area contributed by atoms with Gasteiger partial charge >= 0.3 is 0 Å². The summed E-state index contributed by atoms with van der Waals surface area (Å²) in [7, 11) is 0. The number of nitrogens with one attached hydrogen (secondary N) is 1. The summed E-state index contributed by atoms with van der Waals surface area (Å²) in [5.74, 6) is 2.60. The SMILES string of the molecule is Cc1ccc(OCC(=O)NCCSCc2ccsc2)c(C)c1. The van der Waals surface area contributed by atoms with Gasteiger partial charge in [-0.1, -0.05) is 17.7 Å². The normalized spacial score (nSPS) is 10.5. The second-order valence-electron chi connectivity index (χ2n) is 5.09. The van der Waals surface area contributed by atoms with Crippen LogP contribution in [0.5, 0.6) is 5.75 Å². The molecule has 0 saturated carbocycles. The number of aryl methyl sites for hydroxylation is 2. The summed E-state index contributed by atoms with van der Waals surface area (Å²) in [6.07, 6.45) is 0. The van der Waals surface area contributed by atoms with Gasteiger partial charge in [0.25, 0.3) is 5.91 Å². The summed E-state index contributed by atoms with van der Waals surface area (Å²) in [5, 5.41) is 7.12. The van der Waals surface area contributed by atoms with Crippen LogP contribution in [0.15, 0.2) is 35.0 Å². The molecule has 0 atom stereocenters. The lowest BCUT2D eigenvalue weighted by Crippen LogP contribution is -2.30. The first-order valence-corrected chi connectivity index (χ1v) is 9.30. The molecule has 1 N–H and O–H groups in total. The molecular weight excluding hydrogens is 314 g/mol. The van der Waals surface area contributed by atoms with Gasteiger partial charge in [-0.05, 0) is 47.9 Å². The van der Waals surface area contributed by atoms with E-state index < -0.39 is 0 Å². The number of rotatable bonds is 8. The van der Waals surface area contributed by atoms with Crippen molar-refractivity contribution in [3.63, 3.8) is 0 Å². The summed E-state index contributed by atoms with van der Waals surface area (Å²) in [4.78, 5) is 11.7. The monoisotopic (exact) mass is 335 g/mol. The minimum absolute atomic E-state index is 0.0685. The van der Waals surface area contributed by atoms with Gasteiger partial charge in [0.15, 0.2) is 6.61 Å². The van der Waals surface area contributed by atoms with Gasteiger partial charge in [0.2, 0.25) is 0 Å². The van der Waals surface area contributed by atoms with Gasteiger partial charge in [-0.15, -0.1) is 0 Å². The molecular formula is C17H21NO2S2. The zero-order chi connectivity index (χ0) is 15.8. The van der Waals surface area contributed by atoms with Crippen molar-refractivity contribution >= 4 is 29.0 Å². The number of carbonyl (C=O) groups excluding carboxylic acids is 1. The molecule has 1 amide bonds. The number of amides is 1. The number of hydrogen-bond donors (Lipinski definition) is 1. The Labute approximate surface area is 140 Å². The molecule has 118 valence electrons. The van der Waals surface area contributed by atoms with Crippen molar-refractivity contribution < 1.29 is 9.53 Å². The molecule has 3 nitrogen and oxygen atoms in total. The van der Waals surface area contributed by atoms with Gasteiger partial charge in [0.1, 0.15) is 5.75 Å². The molecule has 0 aliphatic carbocycles. The molecule has 2 rings (SSSR count). The lowest BCUT2D eigenvalue weighted by atomic mass is 10.1. The van der Waals surface area contributed by atoms with Crippen molar-refractivity contribution in [2.24, 2.45) is 0 Å². The van der Waals surface area contributed by atoms with Crippen LogP contribution in [0.4, 0.5) is 0 Å². The Kier molecular flexibility index (Phi) is 6.80. The highest BCUT2D eigenvalue weighted by Gasteiger charge is 2.04. The van der Waals surface area contributed by atoms with E-state index in [0.717, 1.165) is 22.8 Å². The van der Waals surface area contributed by atoms with Gasteiger partial charge in [-0.25, -0.2) is 0 Å². The number of thiophene rings is 1. The van der Waals surface area contributed by atoms with Crippen molar-refractivity contribution in [2.75, 3.05) is 18.9 Å². The first-order valence-electron chi connectivity index (χ1n) is 7.21.